The maximum atomic E-state index is 13.7. The van der Waals surface area contributed by atoms with Gasteiger partial charge in [-0.2, -0.15) is 5.10 Å². The van der Waals surface area contributed by atoms with Crippen LogP contribution in [0.25, 0.3) is 0 Å². The summed E-state index contributed by atoms with van der Waals surface area (Å²) in [6.45, 7) is 3.73. The number of hydrazone groups is 1. The highest BCUT2D eigenvalue weighted by atomic mass is 79.9. The highest BCUT2D eigenvalue weighted by Crippen LogP contribution is 2.46. The van der Waals surface area contributed by atoms with Gasteiger partial charge in [0, 0.05) is 4.47 Å². The zero-order valence-corrected chi connectivity index (χ0v) is 17.4. The SMILES string of the molecule is CCOC(=O)C1=NN[C@]2(c3ccc(C)cc3)C(=O)N(c3ccccc3Br)C(=O)[C@H]12. The molecule has 0 saturated carbocycles. The first-order valence-electron chi connectivity index (χ1n) is 9.13. The molecule has 0 spiro atoms. The summed E-state index contributed by atoms with van der Waals surface area (Å²) in [5.74, 6) is -2.86. The molecule has 0 aliphatic carbocycles. The predicted octanol–water partition coefficient (Wildman–Crippen LogP) is 2.66. The molecule has 0 radical (unpaired) electrons. The van der Waals surface area contributed by atoms with Crippen molar-refractivity contribution in [3.05, 3.63) is 64.1 Å². The van der Waals surface area contributed by atoms with Gasteiger partial charge in [0.15, 0.2) is 11.3 Å². The van der Waals surface area contributed by atoms with Crippen molar-refractivity contribution in [1.82, 2.24) is 5.43 Å². The van der Waals surface area contributed by atoms with Crippen LogP contribution >= 0.6 is 15.9 Å². The Balaban J connectivity index is 1.89. The Morgan fingerprint density at radius 3 is 2.55 bits per heavy atom. The maximum Gasteiger partial charge on any atom is 0.355 e. The summed E-state index contributed by atoms with van der Waals surface area (Å²) in [4.78, 5) is 40.8. The molecule has 2 atom stereocenters. The second kappa shape index (κ2) is 7.11. The second-order valence-corrected chi connectivity index (χ2v) is 7.72. The minimum absolute atomic E-state index is 0.0969. The Kier molecular flexibility index (Phi) is 4.74. The second-order valence-electron chi connectivity index (χ2n) is 6.87. The van der Waals surface area contributed by atoms with Gasteiger partial charge in [-0.25, -0.2) is 9.69 Å². The fourth-order valence-corrected chi connectivity index (χ4v) is 4.22. The fourth-order valence-electron chi connectivity index (χ4n) is 3.76. The van der Waals surface area contributed by atoms with E-state index in [0.717, 1.165) is 10.5 Å². The van der Waals surface area contributed by atoms with Gasteiger partial charge in [-0.3, -0.25) is 15.0 Å². The van der Waals surface area contributed by atoms with E-state index >= 15 is 0 Å². The van der Waals surface area contributed by atoms with Crippen LogP contribution in [0.3, 0.4) is 0 Å². The van der Waals surface area contributed by atoms with Crippen molar-refractivity contribution in [1.29, 1.82) is 0 Å². The van der Waals surface area contributed by atoms with E-state index in [4.69, 9.17) is 4.74 Å². The van der Waals surface area contributed by atoms with E-state index in [9.17, 15) is 14.4 Å². The third-order valence-corrected chi connectivity index (χ3v) is 5.82. The molecule has 2 aliphatic heterocycles. The molecule has 0 unspecified atom stereocenters. The summed E-state index contributed by atoms with van der Waals surface area (Å²) in [5.41, 5.74) is 3.20. The van der Waals surface area contributed by atoms with Crippen molar-refractivity contribution in [2.75, 3.05) is 11.5 Å². The van der Waals surface area contributed by atoms with E-state index in [0.29, 0.717) is 15.7 Å². The summed E-state index contributed by atoms with van der Waals surface area (Å²) >= 11 is 3.41. The van der Waals surface area contributed by atoms with E-state index in [1.807, 2.05) is 19.1 Å². The van der Waals surface area contributed by atoms with Gasteiger partial charge < -0.3 is 4.74 Å². The van der Waals surface area contributed by atoms with E-state index in [-0.39, 0.29) is 12.3 Å². The lowest BCUT2D eigenvalue weighted by Gasteiger charge is -2.26. The van der Waals surface area contributed by atoms with Gasteiger partial charge in [0.1, 0.15) is 5.92 Å². The minimum atomic E-state index is -1.50. The van der Waals surface area contributed by atoms with Crippen LogP contribution in [0.15, 0.2) is 58.1 Å². The third kappa shape index (κ3) is 2.78. The van der Waals surface area contributed by atoms with Crippen LogP contribution in [0.4, 0.5) is 5.69 Å². The smallest absolute Gasteiger partial charge is 0.355 e. The number of ether oxygens (including phenoxy) is 1. The van der Waals surface area contributed by atoms with Crippen LogP contribution in [0.2, 0.25) is 0 Å². The zero-order valence-electron chi connectivity index (χ0n) is 15.8. The number of anilines is 1. The van der Waals surface area contributed by atoms with Gasteiger partial charge in [-0.1, -0.05) is 42.0 Å². The number of amides is 2. The van der Waals surface area contributed by atoms with Crippen LogP contribution in [0.5, 0.6) is 0 Å². The number of esters is 1. The summed E-state index contributed by atoms with van der Waals surface area (Å²) in [7, 11) is 0. The number of rotatable bonds is 4. The molecule has 2 aliphatic rings. The number of aryl methyl sites for hydroxylation is 1. The first-order chi connectivity index (χ1) is 13.9. The summed E-state index contributed by atoms with van der Waals surface area (Å²) in [5, 5.41) is 4.07. The predicted molar refractivity (Wildman–Crippen MR) is 110 cm³/mol. The summed E-state index contributed by atoms with van der Waals surface area (Å²) < 4.78 is 5.67. The normalized spacial score (nSPS) is 22.9. The first kappa shape index (κ1) is 19.3. The van der Waals surface area contributed by atoms with Crippen molar-refractivity contribution < 1.29 is 19.1 Å². The lowest BCUT2D eigenvalue weighted by atomic mass is 9.78. The van der Waals surface area contributed by atoms with Crippen molar-refractivity contribution >= 4 is 45.1 Å². The average Bonchev–Trinajstić information content (AvgIpc) is 3.20. The lowest BCUT2D eigenvalue weighted by molar-refractivity contribution is -0.136. The van der Waals surface area contributed by atoms with Crippen LogP contribution < -0.4 is 10.3 Å². The molecular formula is C21H18BrN3O4. The van der Waals surface area contributed by atoms with Gasteiger partial charge in [-0.15, -0.1) is 0 Å². The van der Waals surface area contributed by atoms with Crippen LogP contribution in [0.1, 0.15) is 18.1 Å². The Hall–Kier alpha value is -3.00. The Labute approximate surface area is 175 Å². The average molecular weight is 456 g/mol. The van der Waals surface area contributed by atoms with Gasteiger partial charge in [0.25, 0.3) is 5.91 Å². The molecule has 2 aromatic carbocycles. The van der Waals surface area contributed by atoms with Crippen molar-refractivity contribution in [2.24, 2.45) is 11.0 Å². The van der Waals surface area contributed by atoms with E-state index in [2.05, 4.69) is 26.5 Å². The highest BCUT2D eigenvalue weighted by Gasteiger charge is 2.67. The number of halogens is 1. The molecule has 2 heterocycles. The number of benzene rings is 2. The number of nitrogens with zero attached hydrogens (tertiary/aromatic N) is 2. The lowest BCUT2D eigenvalue weighted by Crippen LogP contribution is -2.48. The zero-order chi connectivity index (χ0) is 20.8. The van der Waals surface area contributed by atoms with Crippen LogP contribution in [0, 0.1) is 12.8 Å². The van der Waals surface area contributed by atoms with Crippen molar-refractivity contribution in [2.45, 2.75) is 19.4 Å². The summed E-state index contributed by atoms with van der Waals surface area (Å²) in [6, 6.07) is 14.2. The first-order valence-corrected chi connectivity index (χ1v) is 9.93. The largest absolute Gasteiger partial charge is 0.461 e. The van der Waals surface area contributed by atoms with E-state index < -0.39 is 29.2 Å². The Bertz CT molecular complexity index is 1050. The highest BCUT2D eigenvalue weighted by molar-refractivity contribution is 9.10. The molecule has 4 rings (SSSR count). The molecule has 2 aromatic rings. The number of carbonyl (C=O) groups is 3. The molecule has 8 heteroatoms. The third-order valence-electron chi connectivity index (χ3n) is 5.15. The molecule has 2 amide bonds. The molecule has 1 fully saturated rings. The molecule has 148 valence electrons. The van der Waals surface area contributed by atoms with Gasteiger partial charge in [0.2, 0.25) is 5.91 Å². The molecule has 1 saturated heterocycles. The number of hydrogen-bond acceptors (Lipinski definition) is 6. The molecule has 0 bridgehead atoms. The molecule has 0 aromatic heterocycles. The molecule has 29 heavy (non-hydrogen) atoms. The number of imide groups is 1. The fraction of sp³-hybridized carbons (Fsp3) is 0.238. The number of nitrogens with one attached hydrogen (secondary N) is 1. The van der Waals surface area contributed by atoms with Crippen LogP contribution in [-0.4, -0.2) is 30.1 Å². The van der Waals surface area contributed by atoms with Crippen LogP contribution in [-0.2, 0) is 24.7 Å². The standard InChI is InChI=1S/C21H18BrN3O4/c1-3-29-19(27)17-16-18(26)25(15-7-5-4-6-14(15)22)20(28)21(16,24-23-17)13-10-8-12(2)9-11-13/h4-11,16,24H,3H2,1-2H3/t16-,21-/m0/s1. The van der Waals surface area contributed by atoms with Gasteiger partial charge in [0.05, 0.1) is 12.3 Å². The summed E-state index contributed by atoms with van der Waals surface area (Å²) in [6.07, 6.45) is 0. The Morgan fingerprint density at radius 1 is 1.21 bits per heavy atom. The quantitative estimate of drug-likeness (QED) is 0.565. The van der Waals surface area contributed by atoms with Crippen molar-refractivity contribution in [3.8, 4) is 0 Å². The minimum Gasteiger partial charge on any atom is -0.461 e. The van der Waals surface area contributed by atoms with Crippen molar-refractivity contribution in [3.63, 3.8) is 0 Å². The topological polar surface area (TPSA) is 88.1 Å². The molecule has 1 N–H and O–H groups in total. The number of para-hydroxylation sites is 1. The monoisotopic (exact) mass is 455 g/mol. The van der Waals surface area contributed by atoms with E-state index in [1.54, 1.807) is 43.3 Å². The Morgan fingerprint density at radius 2 is 1.90 bits per heavy atom. The number of fused-ring (bicyclic) bond motifs is 1. The maximum absolute atomic E-state index is 13.7. The van der Waals surface area contributed by atoms with E-state index in [1.165, 1.54) is 0 Å². The molecular weight excluding hydrogens is 438 g/mol. The number of carbonyl (C=O) groups excluding carboxylic acids is 3. The van der Waals surface area contributed by atoms with Gasteiger partial charge >= 0.3 is 5.97 Å². The molecule has 7 nitrogen and oxygen atoms in total. The number of hydrogen-bond donors (Lipinski definition) is 1. The van der Waals surface area contributed by atoms with Gasteiger partial charge in [-0.05, 0) is 47.5 Å².